The third-order valence-corrected chi connectivity index (χ3v) is 3.60. The van der Waals surface area contributed by atoms with E-state index in [1.165, 1.54) is 18.0 Å². The summed E-state index contributed by atoms with van der Waals surface area (Å²) in [6, 6.07) is 8.54. The highest BCUT2D eigenvalue weighted by Crippen LogP contribution is 2.18. The van der Waals surface area contributed by atoms with Crippen LogP contribution < -0.4 is 5.73 Å². The molecule has 1 aromatic rings. The van der Waals surface area contributed by atoms with Gasteiger partial charge in [0.05, 0.1) is 6.61 Å². The first kappa shape index (κ1) is 18.9. The number of hydrogen-bond acceptors (Lipinski definition) is 6. The number of nitrogens with zero attached hydrogens (tertiary/aromatic N) is 1. The molecule has 0 radical (unpaired) electrons. The van der Waals surface area contributed by atoms with Crippen LogP contribution in [-0.4, -0.2) is 41.7 Å². The number of esters is 1. The first-order chi connectivity index (χ1) is 11.0. The number of ether oxygens (including phenoxy) is 1. The molecule has 0 amide bonds. The van der Waals surface area contributed by atoms with Gasteiger partial charge in [0, 0.05) is 18.2 Å². The van der Waals surface area contributed by atoms with E-state index in [1.54, 1.807) is 13.1 Å². The zero-order valence-electron chi connectivity index (χ0n) is 12.8. The third kappa shape index (κ3) is 7.62. The number of rotatable bonds is 5. The number of carbonyl (C=O) groups is 2. The number of aliphatic carboxylic acids is 1. The average Bonchev–Trinajstić information content (AvgIpc) is 2.57. The highest BCUT2D eigenvalue weighted by molar-refractivity contribution is 8.04. The first-order valence-corrected chi connectivity index (χ1v) is 8.07. The van der Waals surface area contributed by atoms with E-state index in [4.69, 9.17) is 15.6 Å². The Morgan fingerprint density at radius 1 is 1.39 bits per heavy atom. The number of nitrogens with two attached hydrogens (primary N) is 1. The van der Waals surface area contributed by atoms with Gasteiger partial charge in [0.25, 0.3) is 0 Å². The van der Waals surface area contributed by atoms with E-state index in [2.05, 4.69) is 4.99 Å². The molecule has 0 aliphatic carbocycles. The van der Waals surface area contributed by atoms with E-state index >= 15 is 0 Å². The quantitative estimate of drug-likeness (QED) is 0.796. The fourth-order valence-electron chi connectivity index (χ4n) is 1.60. The molecule has 124 valence electrons. The van der Waals surface area contributed by atoms with Crippen molar-refractivity contribution >= 4 is 29.9 Å². The van der Waals surface area contributed by atoms with Gasteiger partial charge in [-0.25, -0.2) is 4.79 Å². The summed E-state index contributed by atoms with van der Waals surface area (Å²) in [5.74, 6) is -0.474. The summed E-state index contributed by atoms with van der Waals surface area (Å²) in [5.41, 5.74) is 6.30. The molecule has 3 N–H and O–H groups in total. The fraction of sp³-hybridized carbons (Fsp3) is 0.312. The van der Waals surface area contributed by atoms with E-state index in [-0.39, 0.29) is 5.97 Å². The molecule has 0 saturated heterocycles. The predicted octanol–water partition coefficient (Wildman–Crippen LogP) is 1.85. The minimum Gasteiger partial charge on any atom is -0.480 e. The van der Waals surface area contributed by atoms with Crippen LogP contribution >= 0.6 is 11.8 Å². The Bertz CT molecular complexity index is 573. The number of thioether (sulfide) groups is 1. The van der Waals surface area contributed by atoms with Crippen LogP contribution in [0.2, 0.25) is 0 Å². The lowest BCUT2D eigenvalue weighted by atomic mass is 10.1. The van der Waals surface area contributed by atoms with Crippen molar-refractivity contribution in [3.05, 3.63) is 47.0 Å². The summed E-state index contributed by atoms with van der Waals surface area (Å²) in [6.45, 7) is 2.20. The normalized spacial score (nSPS) is 14.1. The SMILES string of the molecule is CCOC(=O)C1=CN=CCS1.N[C@@H](Cc1ccccc1)C(=O)O. The van der Waals surface area contributed by atoms with Crippen molar-refractivity contribution in [3.63, 3.8) is 0 Å². The van der Waals surface area contributed by atoms with Crippen LogP contribution in [0.3, 0.4) is 0 Å². The number of aliphatic imine (C=N–C) groups is 1. The van der Waals surface area contributed by atoms with Gasteiger partial charge < -0.3 is 15.6 Å². The van der Waals surface area contributed by atoms with Gasteiger partial charge in [-0.15, -0.1) is 11.8 Å². The number of carboxylic acids is 1. The van der Waals surface area contributed by atoms with Crippen molar-refractivity contribution in [1.82, 2.24) is 0 Å². The summed E-state index contributed by atoms with van der Waals surface area (Å²) < 4.78 is 4.78. The van der Waals surface area contributed by atoms with Gasteiger partial charge >= 0.3 is 11.9 Å². The molecule has 0 bridgehead atoms. The van der Waals surface area contributed by atoms with Gasteiger partial charge in [0.15, 0.2) is 0 Å². The van der Waals surface area contributed by atoms with Crippen LogP contribution in [0, 0.1) is 0 Å². The molecule has 0 spiro atoms. The maximum Gasteiger partial charge on any atom is 0.346 e. The molecule has 0 saturated carbocycles. The van der Waals surface area contributed by atoms with Crippen molar-refractivity contribution < 1.29 is 19.4 Å². The summed E-state index contributed by atoms with van der Waals surface area (Å²) in [5, 5.41) is 8.52. The van der Waals surface area contributed by atoms with Crippen molar-refractivity contribution in [1.29, 1.82) is 0 Å². The molecule has 1 aromatic carbocycles. The van der Waals surface area contributed by atoms with Crippen LogP contribution in [0.5, 0.6) is 0 Å². The van der Waals surface area contributed by atoms with E-state index in [0.717, 1.165) is 11.3 Å². The predicted molar refractivity (Wildman–Crippen MR) is 91.4 cm³/mol. The van der Waals surface area contributed by atoms with Crippen molar-refractivity contribution in [2.45, 2.75) is 19.4 Å². The Kier molecular flexibility index (Phi) is 8.71. The maximum absolute atomic E-state index is 11.0. The summed E-state index contributed by atoms with van der Waals surface area (Å²) >= 11 is 1.45. The molecule has 1 atom stereocenters. The Morgan fingerprint density at radius 2 is 2.09 bits per heavy atom. The highest BCUT2D eigenvalue weighted by atomic mass is 32.2. The highest BCUT2D eigenvalue weighted by Gasteiger charge is 2.12. The molecular formula is C16H20N2O4S. The van der Waals surface area contributed by atoms with E-state index < -0.39 is 12.0 Å². The molecule has 1 aliphatic rings. The molecule has 1 aliphatic heterocycles. The maximum atomic E-state index is 11.0. The molecule has 0 aromatic heterocycles. The number of carbonyl (C=O) groups excluding carboxylic acids is 1. The van der Waals surface area contributed by atoms with Crippen LogP contribution in [0.25, 0.3) is 0 Å². The van der Waals surface area contributed by atoms with Crippen LogP contribution in [0.4, 0.5) is 0 Å². The lowest BCUT2D eigenvalue weighted by Gasteiger charge is -2.05. The van der Waals surface area contributed by atoms with E-state index in [9.17, 15) is 9.59 Å². The summed E-state index contributed by atoms with van der Waals surface area (Å²) in [4.78, 5) is 25.8. The van der Waals surface area contributed by atoms with Crippen molar-refractivity contribution in [2.24, 2.45) is 10.7 Å². The Labute approximate surface area is 139 Å². The van der Waals surface area contributed by atoms with Gasteiger partial charge in [-0.3, -0.25) is 9.79 Å². The second kappa shape index (κ2) is 10.6. The van der Waals surface area contributed by atoms with Gasteiger partial charge in [-0.2, -0.15) is 0 Å². The van der Waals surface area contributed by atoms with Crippen LogP contribution in [0.15, 0.2) is 46.4 Å². The van der Waals surface area contributed by atoms with Crippen LogP contribution in [-0.2, 0) is 20.7 Å². The molecule has 6 nitrogen and oxygen atoms in total. The molecule has 0 unspecified atom stereocenters. The second-order valence-electron chi connectivity index (χ2n) is 4.49. The number of benzene rings is 1. The lowest BCUT2D eigenvalue weighted by molar-refractivity contribution is -0.139. The van der Waals surface area contributed by atoms with Gasteiger partial charge in [0.2, 0.25) is 0 Å². The Morgan fingerprint density at radius 3 is 2.61 bits per heavy atom. The topological polar surface area (TPSA) is 102 Å². The van der Waals surface area contributed by atoms with Gasteiger partial charge in [-0.1, -0.05) is 30.3 Å². The smallest absolute Gasteiger partial charge is 0.346 e. The largest absolute Gasteiger partial charge is 0.480 e. The van der Waals surface area contributed by atoms with Crippen molar-refractivity contribution in [3.8, 4) is 0 Å². The molecule has 0 fully saturated rings. The zero-order chi connectivity index (χ0) is 17.1. The Hall–Kier alpha value is -2.12. The fourth-order valence-corrected chi connectivity index (χ4v) is 2.25. The monoisotopic (exact) mass is 336 g/mol. The zero-order valence-corrected chi connectivity index (χ0v) is 13.7. The average molecular weight is 336 g/mol. The molecule has 23 heavy (non-hydrogen) atoms. The Balaban J connectivity index is 0.000000231. The minimum atomic E-state index is -0.959. The summed E-state index contributed by atoms with van der Waals surface area (Å²) in [6.07, 6.45) is 3.68. The molecular weight excluding hydrogens is 316 g/mol. The minimum absolute atomic E-state index is 0.269. The van der Waals surface area contributed by atoms with E-state index in [1.807, 2.05) is 30.3 Å². The summed E-state index contributed by atoms with van der Waals surface area (Å²) in [7, 11) is 0. The first-order valence-electron chi connectivity index (χ1n) is 7.08. The number of hydrogen-bond donors (Lipinski definition) is 2. The molecule has 2 rings (SSSR count). The van der Waals surface area contributed by atoms with Gasteiger partial charge in [-0.05, 0) is 18.9 Å². The van der Waals surface area contributed by atoms with E-state index in [0.29, 0.717) is 17.9 Å². The van der Waals surface area contributed by atoms with Crippen molar-refractivity contribution in [2.75, 3.05) is 12.4 Å². The lowest BCUT2D eigenvalue weighted by Crippen LogP contribution is -2.32. The number of carboxylic acid groups (broad SMARTS) is 1. The third-order valence-electron chi connectivity index (χ3n) is 2.70. The van der Waals surface area contributed by atoms with Crippen LogP contribution in [0.1, 0.15) is 12.5 Å². The molecule has 1 heterocycles. The van der Waals surface area contributed by atoms with Gasteiger partial charge in [0.1, 0.15) is 10.9 Å². The standard InChI is InChI=1S/C9H11NO2.C7H9NO2S/c10-8(9(11)12)6-7-4-2-1-3-5-7;1-2-10-7(9)6-5-8-3-4-11-6/h1-5,8H,6,10H2,(H,11,12);3,5H,2,4H2,1H3/t8-;/m0./s1. The second-order valence-corrected chi connectivity index (χ2v) is 5.55. The molecule has 7 heteroatoms.